The van der Waals surface area contributed by atoms with Crippen LogP contribution in [0, 0.1) is 0 Å². The zero-order valence-corrected chi connectivity index (χ0v) is 10.5. The zero-order valence-electron chi connectivity index (χ0n) is 10.5. The molecule has 0 saturated carbocycles. The fraction of sp³-hybridized carbons (Fsp3) is 0.500. The zero-order chi connectivity index (χ0) is 12.5. The number of nitrogen functional groups attached to an aromatic ring is 1. The Hall–Kier alpha value is -1.55. The number of carbonyl (C=O) groups is 1. The van der Waals surface area contributed by atoms with Crippen LogP contribution in [0.1, 0.15) is 24.8 Å². The molecule has 0 aromatic heterocycles. The normalized spacial score (nSPS) is 23.2. The third-order valence-electron chi connectivity index (χ3n) is 3.87. The summed E-state index contributed by atoms with van der Waals surface area (Å²) >= 11 is 0. The highest BCUT2D eigenvalue weighted by atomic mass is 16.2. The Bertz CT molecular complexity index is 466. The first-order chi connectivity index (χ1) is 8.74. The molecular weight excluding hydrogens is 226 g/mol. The van der Waals surface area contributed by atoms with Gasteiger partial charge in [-0.25, -0.2) is 0 Å². The monoisotopic (exact) mass is 245 g/mol. The van der Waals surface area contributed by atoms with E-state index in [0.29, 0.717) is 12.5 Å². The first-order valence-electron chi connectivity index (χ1n) is 6.66. The predicted molar refractivity (Wildman–Crippen MR) is 72.6 cm³/mol. The van der Waals surface area contributed by atoms with Gasteiger partial charge in [-0.2, -0.15) is 0 Å². The molecule has 0 spiro atoms. The molecule has 1 aromatic rings. The van der Waals surface area contributed by atoms with Crippen molar-refractivity contribution in [2.24, 2.45) is 0 Å². The smallest absolute Gasteiger partial charge is 0.227 e. The van der Waals surface area contributed by atoms with Crippen LogP contribution in [0.4, 0.5) is 11.4 Å². The summed E-state index contributed by atoms with van der Waals surface area (Å²) in [6, 6.07) is 6.30. The Morgan fingerprint density at radius 1 is 1.39 bits per heavy atom. The highest BCUT2D eigenvalue weighted by Gasteiger charge is 2.27. The number of anilines is 2. The summed E-state index contributed by atoms with van der Waals surface area (Å²) in [6.45, 7) is 1.86. The minimum Gasteiger partial charge on any atom is -0.399 e. The summed E-state index contributed by atoms with van der Waals surface area (Å²) in [5, 5.41) is 3.45. The second-order valence-corrected chi connectivity index (χ2v) is 5.19. The molecule has 4 heteroatoms. The number of nitrogens with two attached hydrogens (primary N) is 1. The molecule has 1 aromatic carbocycles. The van der Waals surface area contributed by atoms with Gasteiger partial charge in [0.2, 0.25) is 5.91 Å². The van der Waals surface area contributed by atoms with Crippen molar-refractivity contribution in [2.45, 2.75) is 31.7 Å². The molecule has 2 heterocycles. The van der Waals surface area contributed by atoms with E-state index in [1.807, 2.05) is 23.1 Å². The maximum atomic E-state index is 12.1. The molecule has 96 valence electrons. The Morgan fingerprint density at radius 3 is 3.06 bits per heavy atom. The van der Waals surface area contributed by atoms with Crippen LogP contribution in [0.25, 0.3) is 0 Å². The number of rotatable bonds is 2. The molecule has 1 unspecified atom stereocenters. The van der Waals surface area contributed by atoms with E-state index in [1.165, 1.54) is 12.0 Å². The number of benzene rings is 1. The first-order valence-corrected chi connectivity index (χ1v) is 6.66. The van der Waals surface area contributed by atoms with Crippen LogP contribution in [0.2, 0.25) is 0 Å². The van der Waals surface area contributed by atoms with Crippen LogP contribution in [0.5, 0.6) is 0 Å². The van der Waals surface area contributed by atoms with Crippen molar-refractivity contribution in [1.82, 2.24) is 5.32 Å². The van der Waals surface area contributed by atoms with E-state index >= 15 is 0 Å². The number of aryl methyl sites for hydroxylation is 1. The second-order valence-electron chi connectivity index (χ2n) is 5.19. The van der Waals surface area contributed by atoms with Gasteiger partial charge in [-0.15, -0.1) is 0 Å². The molecule has 2 aliphatic rings. The number of hydrogen-bond donors (Lipinski definition) is 2. The number of nitrogens with zero attached hydrogens (tertiary/aromatic N) is 1. The maximum Gasteiger partial charge on any atom is 0.227 e. The maximum absolute atomic E-state index is 12.1. The lowest BCUT2D eigenvalue weighted by atomic mass is 9.99. The second kappa shape index (κ2) is 4.61. The van der Waals surface area contributed by atoms with Crippen LogP contribution < -0.4 is 16.0 Å². The number of amides is 1. The molecule has 18 heavy (non-hydrogen) atoms. The van der Waals surface area contributed by atoms with E-state index in [2.05, 4.69) is 5.32 Å². The minimum absolute atomic E-state index is 0.237. The molecule has 4 nitrogen and oxygen atoms in total. The van der Waals surface area contributed by atoms with Crippen LogP contribution in [-0.4, -0.2) is 25.0 Å². The fourth-order valence-electron chi connectivity index (χ4n) is 2.91. The molecule has 0 bridgehead atoms. The summed E-state index contributed by atoms with van der Waals surface area (Å²) in [6.07, 6.45) is 3.78. The third-order valence-corrected chi connectivity index (χ3v) is 3.87. The highest BCUT2D eigenvalue weighted by Crippen LogP contribution is 2.30. The Balaban J connectivity index is 1.86. The Kier molecular flexibility index (Phi) is 2.96. The molecule has 1 atom stereocenters. The molecule has 1 saturated heterocycles. The first kappa shape index (κ1) is 11.5. The van der Waals surface area contributed by atoms with Gasteiger partial charge in [0.1, 0.15) is 0 Å². The van der Waals surface area contributed by atoms with Crippen molar-refractivity contribution in [3.05, 3.63) is 23.8 Å². The average molecular weight is 245 g/mol. The summed E-state index contributed by atoms with van der Waals surface area (Å²) in [7, 11) is 0. The summed E-state index contributed by atoms with van der Waals surface area (Å²) in [5.74, 6) is 0.237. The number of nitrogens with one attached hydrogen (secondary N) is 1. The van der Waals surface area contributed by atoms with Gasteiger partial charge in [0.15, 0.2) is 0 Å². The molecule has 1 amide bonds. The van der Waals surface area contributed by atoms with Gasteiger partial charge in [-0.3, -0.25) is 4.79 Å². The van der Waals surface area contributed by atoms with E-state index < -0.39 is 0 Å². The molecule has 1 fully saturated rings. The molecule has 3 N–H and O–H groups in total. The topological polar surface area (TPSA) is 58.4 Å². The van der Waals surface area contributed by atoms with Crippen molar-refractivity contribution < 1.29 is 4.79 Å². The van der Waals surface area contributed by atoms with E-state index in [1.54, 1.807) is 0 Å². The van der Waals surface area contributed by atoms with E-state index in [9.17, 15) is 4.79 Å². The van der Waals surface area contributed by atoms with E-state index in [4.69, 9.17) is 5.73 Å². The summed E-state index contributed by atoms with van der Waals surface area (Å²) < 4.78 is 0. The van der Waals surface area contributed by atoms with Crippen LogP contribution in [0.15, 0.2) is 18.2 Å². The number of hydrogen-bond acceptors (Lipinski definition) is 3. The van der Waals surface area contributed by atoms with Gasteiger partial charge < -0.3 is 16.0 Å². The Morgan fingerprint density at radius 2 is 2.28 bits per heavy atom. The standard InChI is InChI=1S/C14H19N3O/c15-11-4-5-13-10(8-11)3-6-14(18)17(13)9-12-2-1-7-16-12/h4-5,8,12,16H,1-3,6-7,9,15H2. The molecule has 0 aliphatic carbocycles. The molecule has 2 aliphatic heterocycles. The lowest BCUT2D eigenvalue weighted by Gasteiger charge is -2.31. The van der Waals surface area contributed by atoms with Gasteiger partial charge >= 0.3 is 0 Å². The number of carbonyl (C=O) groups excluding carboxylic acids is 1. The predicted octanol–water partition coefficient (Wildman–Crippen LogP) is 1.30. The van der Waals surface area contributed by atoms with Gasteiger partial charge in [0.05, 0.1) is 0 Å². The summed E-state index contributed by atoms with van der Waals surface area (Å²) in [4.78, 5) is 14.0. The number of fused-ring (bicyclic) bond motifs is 1. The van der Waals surface area contributed by atoms with E-state index in [-0.39, 0.29) is 5.91 Å². The lowest BCUT2D eigenvalue weighted by molar-refractivity contribution is -0.119. The third kappa shape index (κ3) is 2.08. The molecule has 3 rings (SSSR count). The summed E-state index contributed by atoms with van der Waals surface area (Å²) in [5.41, 5.74) is 8.84. The largest absolute Gasteiger partial charge is 0.399 e. The van der Waals surface area contributed by atoms with Gasteiger partial charge in [0.25, 0.3) is 0 Å². The molecular formula is C14H19N3O. The van der Waals surface area contributed by atoms with Gasteiger partial charge in [0, 0.05) is 30.4 Å². The van der Waals surface area contributed by atoms with Gasteiger partial charge in [-0.1, -0.05) is 0 Å². The van der Waals surface area contributed by atoms with Crippen molar-refractivity contribution in [3.63, 3.8) is 0 Å². The van der Waals surface area contributed by atoms with E-state index in [0.717, 1.165) is 37.3 Å². The quantitative estimate of drug-likeness (QED) is 0.772. The van der Waals surface area contributed by atoms with Crippen LogP contribution >= 0.6 is 0 Å². The van der Waals surface area contributed by atoms with Crippen molar-refractivity contribution in [1.29, 1.82) is 0 Å². The Labute approximate surface area is 107 Å². The minimum atomic E-state index is 0.237. The fourth-order valence-corrected chi connectivity index (χ4v) is 2.91. The molecule has 0 radical (unpaired) electrons. The van der Waals surface area contributed by atoms with Crippen molar-refractivity contribution >= 4 is 17.3 Å². The SMILES string of the molecule is Nc1ccc2c(c1)CCC(=O)N2CC1CCCN1. The lowest BCUT2D eigenvalue weighted by Crippen LogP contribution is -2.43. The van der Waals surface area contributed by atoms with Crippen LogP contribution in [0.3, 0.4) is 0 Å². The van der Waals surface area contributed by atoms with Gasteiger partial charge in [-0.05, 0) is 49.6 Å². The van der Waals surface area contributed by atoms with Crippen molar-refractivity contribution in [3.8, 4) is 0 Å². The highest BCUT2D eigenvalue weighted by molar-refractivity contribution is 5.96. The average Bonchev–Trinajstić information content (AvgIpc) is 2.86. The van der Waals surface area contributed by atoms with Crippen LogP contribution in [-0.2, 0) is 11.2 Å². The van der Waals surface area contributed by atoms with Crippen molar-refractivity contribution in [2.75, 3.05) is 23.7 Å².